The van der Waals surface area contributed by atoms with Crippen molar-refractivity contribution in [2.24, 2.45) is 0 Å². The summed E-state index contributed by atoms with van der Waals surface area (Å²) in [7, 11) is 1.44. The van der Waals surface area contributed by atoms with Gasteiger partial charge in [-0.25, -0.2) is 14.5 Å². The van der Waals surface area contributed by atoms with Crippen LogP contribution in [0.2, 0.25) is 0 Å². The summed E-state index contributed by atoms with van der Waals surface area (Å²) in [5.41, 5.74) is 1.44. The quantitative estimate of drug-likeness (QED) is 0.273. The van der Waals surface area contributed by atoms with Crippen molar-refractivity contribution >= 4 is 67.4 Å². The number of nitrogens with one attached hydrogen (secondary N) is 1. The third kappa shape index (κ3) is 5.73. The van der Waals surface area contributed by atoms with Gasteiger partial charge in [0.05, 0.1) is 22.8 Å². The Hall–Kier alpha value is -3.96. The first-order valence-corrected chi connectivity index (χ1v) is 12.3. The number of imide groups is 2. The van der Waals surface area contributed by atoms with Crippen molar-refractivity contribution in [3.8, 4) is 11.5 Å². The fourth-order valence-electron chi connectivity index (χ4n) is 3.51. The van der Waals surface area contributed by atoms with Gasteiger partial charge in [0.25, 0.3) is 11.8 Å². The third-order valence-electron chi connectivity index (χ3n) is 5.33. The van der Waals surface area contributed by atoms with Crippen LogP contribution in [0.4, 0.5) is 10.5 Å². The summed E-state index contributed by atoms with van der Waals surface area (Å²) in [6.07, 6.45) is 1.36. The number of urea groups is 1. The summed E-state index contributed by atoms with van der Waals surface area (Å²) < 4.78 is 12.6. The number of methoxy groups -OCH3 is 1. The van der Waals surface area contributed by atoms with E-state index in [4.69, 9.17) is 14.6 Å². The van der Waals surface area contributed by atoms with Crippen LogP contribution in [-0.2, 0) is 16.2 Å². The second-order valence-corrected chi connectivity index (χ2v) is 9.53. The zero-order valence-electron chi connectivity index (χ0n) is 19.2. The van der Waals surface area contributed by atoms with Crippen LogP contribution in [0.5, 0.6) is 11.5 Å². The summed E-state index contributed by atoms with van der Waals surface area (Å²) in [4.78, 5) is 50.0. The van der Waals surface area contributed by atoms with E-state index in [0.717, 1.165) is 14.9 Å². The molecule has 0 spiro atoms. The summed E-state index contributed by atoms with van der Waals surface area (Å²) in [5.74, 6) is -1.90. The smallest absolute Gasteiger partial charge is 0.335 e. The molecule has 2 N–H and O–H groups in total. The molecule has 0 unspecified atom stereocenters. The molecule has 9 nitrogen and oxygen atoms in total. The molecule has 4 amide bonds. The van der Waals surface area contributed by atoms with Gasteiger partial charge in [-0.05, 0) is 81.7 Å². The first-order chi connectivity index (χ1) is 17.7. The van der Waals surface area contributed by atoms with Crippen LogP contribution < -0.4 is 19.7 Å². The van der Waals surface area contributed by atoms with E-state index in [-0.39, 0.29) is 17.7 Å². The van der Waals surface area contributed by atoms with E-state index in [2.05, 4.69) is 37.2 Å². The van der Waals surface area contributed by atoms with E-state index in [9.17, 15) is 19.2 Å². The molecule has 188 valence electrons. The van der Waals surface area contributed by atoms with E-state index in [0.29, 0.717) is 27.2 Å². The van der Waals surface area contributed by atoms with Gasteiger partial charge in [-0.1, -0.05) is 28.1 Å². The van der Waals surface area contributed by atoms with Gasteiger partial charge in [-0.15, -0.1) is 0 Å². The normalized spacial score (nSPS) is 14.5. The van der Waals surface area contributed by atoms with Gasteiger partial charge < -0.3 is 14.6 Å². The second kappa shape index (κ2) is 11.0. The lowest BCUT2D eigenvalue weighted by atomic mass is 10.1. The van der Waals surface area contributed by atoms with E-state index in [1.807, 2.05) is 0 Å². The van der Waals surface area contributed by atoms with Crippen molar-refractivity contribution in [2.45, 2.75) is 6.61 Å². The Labute approximate surface area is 227 Å². The molecule has 1 fully saturated rings. The number of carboxylic acids is 1. The second-order valence-electron chi connectivity index (χ2n) is 7.76. The highest BCUT2D eigenvalue weighted by Gasteiger charge is 2.36. The van der Waals surface area contributed by atoms with Gasteiger partial charge in [0.1, 0.15) is 12.2 Å². The fourth-order valence-corrected chi connectivity index (χ4v) is 4.35. The molecule has 0 bridgehead atoms. The number of ether oxygens (including phenoxy) is 2. The Morgan fingerprint density at radius 1 is 1.03 bits per heavy atom. The Bertz CT molecular complexity index is 1430. The lowest BCUT2D eigenvalue weighted by Gasteiger charge is -2.26. The number of carbonyl (C=O) groups excluding carboxylic acids is 3. The highest BCUT2D eigenvalue weighted by Crippen LogP contribution is 2.38. The average molecular weight is 630 g/mol. The Morgan fingerprint density at radius 3 is 2.32 bits per heavy atom. The first kappa shape index (κ1) is 26.1. The standard InChI is InChI=1S/C26H18Br2N2O7/c1-36-21-12-15(11-20(28)22(21)37-13-14-2-4-16(5-3-14)25(33)34)10-19-23(31)29-26(35)30(24(19)32)18-8-6-17(27)7-9-18/h2-12H,13H2,1H3,(H,33,34)(H,29,31,35)/b19-10+. The van der Waals surface area contributed by atoms with Crippen LogP contribution in [0.25, 0.3) is 6.08 Å². The Morgan fingerprint density at radius 2 is 1.70 bits per heavy atom. The van der Waals surface area contributed by atoms with E-state index < -0.39 is 23.8 Å². The minimum Gasteiger partial charge on any atom is -0.493 e. The summed E-state index contributed by atoms with van der Waals surface area (Å²) in [5, 5.41) is 11.2. The number of hydrogen-bond donors (Lipinski definition) is 2. The predicted octanol–water partition coefficient (Wildman–Crippen LogP) is 5.16. The monoisotopic (exact) mass is 628 g/mol. The molecule has 0 radical (unpaired) electrons. The van der Waals surface area contributed by atoms with Gasteiger partial charge in [0.15, 0.2) is 11.5 Å². The van der Waals surface area contributed by atoms with Crippen molar-refractivity contribution in [3.05, 3.63) is 91.9 Å². The largest absolute Gasteiger partial charge is 0.493 e. The fraction of sp³-hybridized carbons (Fsp3) is 0.0769. The van der Waals surface area contributed by atoms with Crippen LogP contribution in [0.3, 0.4) is 0 Å². The Kier molecular flexibility index (Phi) is 7.74. The highest BCUT2D eigenvalue weighted by atomic mass is 79.9. The van der Waals surface area contributed by atoms with Gasteiger partial charge in [0, 0.05) is 4.47 Å². The lowest BCUT2D eigenvalue weighted by molar-refractivity contribution is -0.122. The number of carboxylic acid groups (broad SMARTS) is 1. The van der Waals surface area contributed by atoms with Gasteiger partial charge in [-0.3, -0.25) is 14.9 Å². The van der Waals surface area contributed by atoms with Gasteiger partial charge >= 0.3 is 12.0 Å². The zero-order chi connectivity index (χ0) is 26.7. The number of benzene rings is 3. The number of rotatable bonds is 7. The predicted molar refractivity (Wildman–Crippen MR) is 142 cm³/mol. The number of aromatic carboxylic acids is 1. The number of anilines is 1. The van der Waals surface area contributed by atoms with Crippen LogP contribution >= 0.6 is 31.9 Å². The topological polar surface area (TPSA) is 122 Å². The van der Waals surface area contributed by atoms with Gasteiger partial charge in [-0.2, -0.15) is 0 Å². The molecule has 1 heterocycles. The molecule has 3 aromatic carbocycles. The van der Waals surface area contributed by atoms with Crippen molar-refractivity contribution in [3.63, 3.8) is 0 Å². The molecular formula is C26H18Br2N2O7. The highest BCUT2D eigenvalue weighted by molar-refractivity contribution is 9.10. The maximum absolute atomic E-state index is 13.1. The molecule has 0 aliphatic carbocycles. The minimum atomic E-state index is -1.02. The van der Waals surface area contributed by atoms with Crippen molar-refractivity contribution in [1.82, 2.24) is 5.32 Å². The number of amides is 4. The molecule has 1 aliphatic heterocycles. The summed E-state index contributed by atoms with van der Waals surface area (Å²) in [6, 6.07) is 15.2. The van der Waals surface area contributed by atoms with E-state index in [1.165, 1.54) is 25.3 Å². The molecular weight excluding hydrogens is 612 g/mol. The Balaban J connectivity index is 1.60. The summed E-state index contributed by atoms with van der Waals surface area (Å²) >= 11 is 6.74. The molecule has 0 saturated carbocycles. The molecule has 3 aromatic rings. The van der Waals surface area contributed by atoms with Crippen LogP contribution in [0.1, 0.15) is 21.5 Å². The average Bonchev–Trinajstić information content (AvgIpc) is 2.87. The van der Waals surface area contributed by atoms with Crippen molar-refractivity contribution < 1.29 is 33.8 Å². The molecule has 4 rings (SSSR count). The lowest BCUT2D eigenvalue weighted by Crippen LogP contribution is -2.54. The van der Waals surface area contributed by atoms with Crippen molar-refractivity contribution in [1.29, 1.82) is 0 Å². The van der Waals surface area contributed by atoms with Crippen LogP contribution in [0, 0.1) is 0 Å². The van der Waals surface area contributed by atoms with Crippen LogP contribution in [-0.4, -0.2) is 36.0 Å². The molecule has 37 heavy (non-hydrogen) atoms. The SMILES string of the molecule is COc1cc(/C=C2\C(=O)NC(=O)N(c3ccc(Br)cc3)C2=O)cc(Br)c1OCc1ccc(C(=O)O)cc1. The van der Waals surface area contributed by atoms with E-state index >= 15 is 0 Å². The third-order valence-corrected chi connectivity index (χ3v) is 6.45. The maximum Gasteiger partial charge on any atom is 0.335 e. The molecule has 11 heteroatoms. The molecule has 1 saturated heterocycles. The molecule has 1 aliphatic rings. The number of nitrogens with zero attached hydrogens (tertiary/aromatic N) is 1. The zero-order valence-corrected chi connectivity index (χ0v) is 22.3. The maximum atomic E-state index is 13.1. The van der Waals surface area contributed by atoms with E-state index in [1.54, 1.807) is 48.5 Å². The van der Waals surface area contributed by atoms with Crippen molar-refractivity contribution in [2.75, 3.05) is 12.0 Å². The number of barbiturate groups is 1. The molecule has 0 atom stereocenters. The van der Waals surface area contributed by atoms with Crippen LogP contribution in [0.15, 0.2) is 75.2 Å². The number of carbonyl (C=O) groups is 4. The van der Waals surface area contributed by atoms with Gasteiger partial charge in [0.2, 0.25) is 0 Å². The summed E-state index contributed by atoms with van der Waals surface area (Å²) in [6.45, 7) is 0.139. The molecule has 0 aromatic heterocycles. The first-order valence-electron chi connectivity index (χ1n) is 10.7. The number of hydrogen-bond acceptors (Lipinski definition) is 6. The minimum absolute atomic E-state index is 0.139. The number of halogens is 2.